The first-order valence-electron chi connectivity index (χ1n) is 20.0. The number of hydrogen-bond donors (Lipinski definition) is 0. The van der Waals surface area contributed by atoms with Gasteiger partial charge in [-0.1, -0.05) is 146 Å². The highest BCUT2D eigenvalue weighted by atomic mass is 16.3. The van der Waals surface area contributed by atoms with E-state index in [4.69, 9.17) is 19.4 Å². The van der Waals surface area contributed by atoms with Crippen LogP contribution in [-0.2, 0) is 0 Å². The molecule has 0 aliphatic carbocycles. The SMILES string of the molecule is c1ccc(-c2ccc3c(c2)c2ccccc2n3-c2cccc(-c3ccc(-c4nc(-c5ccc6ccccc6c5)nc(-c5cncc6c5oc5ccccc56)n4)cc3)c2)cc1. The van der Waals surface area contributed by atoms with E-state index in [1.54, 1.807) is 6.20 Å². The van der Waals surface area contributed by atoms with Crippen molar-refractivity contribution in [3.8, 4) is 62.1 Å². The lowest BCUT2D eigenvalue weighted by atomic mass is 10.0. The van der Waals surface area contributed by atoms with E-state index in [1.807, 2.05) is 42.6 Å². The Balaban J connectivity index is 0.955. The molecular weight excluding hydrogens is 735 g/mol. The highest BCUT2D eigenvalue weighted by Gasteiger charge is 2.19. The van der Waals surface area contributed by atoms with Crippen LogP contribution in [0.3, 0.4) is 0 Å². The first-order valence-corrected chi connectivity index (χ1v) is 20.0. The lowest BCUT2D eigenvalue weighted by molar-refractivity contribution is 0.669. The molecule has 0 fully saturated rings. The third kappa shape index (κ3) is 5.65. The number of furan rings is 1. The molecule has 8 aromatic carbocycles. The molecule has 0 atom stereocenters. The van der Waals surface area contributed by atoms with Crippen molar-refractivity contribution >= 4 is 54.5 Å². The first-order chi connectivity index (χ1) is 29.7. The van der Waals surface area contributed by atoms with Crippen molar-refractivity contribution < 1.29 is 4.42 Å². The minimum atomic E-state index is 0.499. The van der Waals surface area contributed by atoms with Crippen LogP contribution in [0, 0.1) is 0 Å². The topological polar surface area (TPSA) is 69.6 Å². The van der Waals surface area contributed by atoms with E-state index in [0.29, 0.717) is 28.6 Å². The molecule has 60 heavy (non-hydrogen) atoms. The Morgan fingerprint density at radius 3 is 1.88 bits per heavy atom. The predicted octanol–water partition coefficient (Wildman–Crippen LogP) is 13.8. The van der Waals surface area contributed by atoms with Gasteiger partial charge in [-0.25, -0.2) is 15.0 Å². The van der Waals surface area contributed by atoms with Gasteiger partial charge in [0.25, 0.3) is 0 Å². The monoisotopic (exact) mass is 767 g/mol. The minimum Gasteiger partial charge on any atom is -0.455 e. The molecule has 0 bridgehead atoms. The molecule has 0 aliphatic heterocycles. The number of fused-ring (bicyclic) bond motifs is 7. The molecule has 0 N–H and O–H groups in total. The van der Waals surface area contributed by atoms with E-state index < -0.39 is 0 Å². The van der Waals surface area contributed by atoms with Crippen molar-refractivity contribution in [2.24, 2.45) is 0 Å². The maximum Gasteiger partial charge on any atom is 0.169 e. The molecule has 0 radical (unpaired) electrons. The van der Waals surface area contributed by atoms with E-state index in [9.17, 15) is 0 Å². The first kappa shape index (κ1) is 33.9. The van der Waals surface area contributed by atoms with Gasteiger partial charge in [-0.2, -0.15) is 0 Å². The smallest absolute Gasteiger partial charge is 0.169 e. The van der Waals surface area contributed by atoms with Crippen LogP contribution in [0.5, 0.6) is 0 Å². The van der Waals surface area contributed by atoms with Gasteiger partial charge in [0.1, 0.15) is 11.2 Å². The van der Waals surface area contributed by atoms with Crippen molar-refractivity contribution in [3.05, 3.63) is 200 Å². The van der Waals surface area contributed by atoms with Gasteiger partial charge in [0.2, 0.25) is 0 Å². The Morgan fingerprint density at radius 1 is 0.367 bits per heavy atom. The molecule has 0 unspecified atom stereocenters. The van der Waals surface area contributed by atoms with Crippen molar-refractivity contribution in [2.75, 3.05) is 0 Å². The second-order valence-corrected chi connectivity index (χ2v) is 15.1. The van der Waals surface area contributed by atoms with Crippen molar-refractivity contribution in [3.63, 3.8) is 0 Å². The summed E-state index contributed by atoms with van der Waals surface area (Å²) >= 11 is 0. The fourth-order valence-electron chi connectivity index (χ4n) is 8.58. The van der Waals surface area contributed by atoms with Gasteiger partial charge in [-0.15, -0.1) is 0 Å². The third-order valence-corrected chi connectivity index (χ3v) is 11.5. The number of pyridine rings is 1. The van der Waals surface area contributed by atoms with Gasteiger partial charge in [0.15, 0.2) is 17.5 Å². The summed E-state index contributed by atoms with van der Waals surface area (Å²) in [6.07, 6.45) is 3.62. The van der Waals surface area contributed by atoms with Gasteiger partial charge >= 0.3 is 0 Å². The molecule has 6 heteroatoms. The molecule has 280 valence electrons. The van der Waals surface area contributed by atoms with Crippen LogP contribution in [0.25, 0.3) is 117 Å². The van der Waals surface area contributed by atoms with Gasteiger partial charge < -0.3 is 8.98 Å². The summed E-state index contributed by atoms with van der Waals surface area (Å²) < 4.78 is 8.79. The summed E-state index contributed by atoms with van der Waals surface area (Å²) in [6.45, 7) is 0. The molecule has 0 aliphatic rings. The van der Waals surface area contributed by atoms with Crippen molar-refractivity contribution in [1.82, 2.24) is 24.5 Å². The van der Waals surface area contributed by atoms with E-state index in [-0.39, 0.29) is 0 Å². The standard InChI is InChI=1S/C54H33N5O/c1-2-11-34(12-3-1)40-27-28-49-45(31-40)43-17-6-8-19-48(43)59(49)42-16-10-15-39(30-42)36-21-24-37(25-22-36)52-56-53(41-26-23-35-13-4-5-14-38(35)29-41)58-54(57-52)47-33-55-32-46-44-18-7-9-20-50(44)60-51(46)47/h1-33H. The summed E-state index contributed by atoms with van der Waals surface area (Å²) in [5.41, 5.74) is 12.0. The van der Waals surface area contributed by atoms with Crippen LogP contribution in [0.4, 0.5) is 0 Å². The van der Waals surface area contributed by atoms with E-state index in [0.717, 1.165) is 55.1 Å². The minimum absolute atomic E-state index is 0.499. The number of rotatable bonds is 6. The maximum absolute atomic E-state index is 6.42. The zero-order valence-electron chi connectivity index (χ0n) is 32.2. The average molecular weight is 768 g/mol. The van der Waals surface area contributed by atoms with Crippen LogP contribution >= 0.6 is 0 Å². The molecule has 0 spiro atoms. The predicted molar refractivity (Wildman–Crippen MR) is 244 cm³/mol. The van der Waals surface area contributed by atoms with Crippen molar-refractivity contribution in [1.29, 1.82) is 0 Å². The van der Waals surface area contributed by atoms with E-state index >= 15 is 0 Å². The van der Waals surface area contributed by atoms with Crippen LogP contribution in [0.15, 0.2) is 205 Å². The second kappa shape index (κ2) is 13.7. The van der Waals surface area contributed by atoms with Gasteiger partial charge in [-0.3, -0.25) is 4.98 Å². The van der Waals surface area contributed by atoms with Crippen molar-refractivity contribution in [2.45, 2.75) is 0 Å². The maximum atomic E-state index is 6.42. The third-order valence-electron chi connectivity index (χ3n) is 11.5. The summed E-state index contributed by atoms with van der Waals surface area (Å²) in [5, 5.41) is 6.65. The molecule has 0 saturated heterocycles. The Hall–Kier alpha value is -8.22. The molecule has 12 rings (SSSR count). The molecule has 4 aromatic heterocycles. The summed E-state index contributed by atoms with van der Waals surface area (Å²) in [4.78, 5) is 19.9. The Morgan fingerprint density at radius 2 is 1.00 bits per heavy atom. The zero-order valence-corrected chi connectivity index (χ0v) is 32.2. The number of para-hydroxylation sites is 2. The van der Waals surface area contributed by atoms with E-state index in [1.165, 1.54) is 32.9 Å². The highest BCUT2D eigenvalue weighted by molar-refractivity contribution is 6.11. The second-order valence-electron chi connectivity index (χ2n) is 15.1. The molecular formula is C54H33N5O. The molecule has 12 aromatic rings. The number of benzene rings is 8. The molecule has 6 nitrogen and oxygen atoms in total. The fraction of sp³-hybridized carbons (Fsp3) is 0. The van der Waals surface area contributed by atoms with Crippen LogP contribution in [-0.4, -0.2) is 24.5 Å². The number of hydrogen-bond acceptors (Lipinski definition) is 5. The molecule has 0 saturated carbocycles. The Labute approximate surface area is 344 Å². The largest absolute Gasteiger partial charge is 0.455 e. The van der Waals surface area contributed by atoms with Gasteiger partial charge in [0, 0.05) is 50.8 Å². The highest BCUT2D eigenvalue weighted by Crippen LogP contribution is 2.38. The average Bonchev–Trinajstić information content (AvgIpc) is 3.87. The number of aromatic nitrogens is 5. The number of nitrogens with zero attached hydrogens (tertiary/aromatic N) is 5. The van der Waals surface area contributed by atoms with E-state index in [2.05, 4.69) is 161 Å². The molecule has 4 heterocycles. The Kier molecular flexibility index (Phi) is 7.74. The van der Waals surface area contributed by atoms with Crippen LogP contribution in [0.1, 0.15) is 0 Å². The van der Waals surface area contributed by atoms with Crippen LogP contribution in [0.2, 0.25) is 0 Å². The summed E-state index contributed by atoms with van der Waals surface area (Å²) in [5.74, 6) is 1.64. The lowest BCUT2D eigenvalue weighted by Crippen LogP contribution is -2.00. The fourth-order valence-corrected chi connectivity index (χ4v) is 8.58. The molecule has 0 amide bonds. The van der Waals surface area contributed by atoms with Crippen LogP contribution < -0.4 is 0 Å². The Bertz CT molecular complexity index is 3610. The van der Waals surface area contributed by atoms with Gasteiger partial charge in [0.05, 0.1) is 16.6 Å². The summed E-state index contributed by atoms with van der Waals surface area (Å²) in [7, 11) is 0. The zero-order chi connectivity index (χ0) is 39.6. The van der Waals surface area contributed by atoms with Gasteiger partial charge in [-0.05, 0) is 75.5 Å². The normalized spacial score (nSPS) is 11.7. The quantitative estimate of drug-likeness (QED) is 0.168. The summed E-state index contributed by atoms with van der Waals surface area (Å²) in [6, 6.07) is 65.9. The lowest BCUT2D eigenvalue weighted by Gasteiger charge is -2.12.